The SMILES string of the molecule is O=C(NCc1ccc2c(c1)OCO2)N1CC(CN2C(=O)COC2=O)C1. The summed E-state index contributed by atoms with van der Waals surface area (Å²) >= 11 is 0. The van der Waals surface area contributed by atoms with Crippen LogP contribution in [-0.2, 0) is 16.1 Å². The van der Waals surface area contributed by atoms with E-state index in [1.165, 1.54) is 0 Å². The predicted octanol–water partition coefficient (Wildman–Crippen LogP) is 0.535. The van der Waals surface area contributed by atoms with Crippen LogP contribution in [0.15, 0.2) is 18.2 Å². The van der Waals surface area contributed by atoms with Crippen LogP contribution in [0.2, 0.25) is 0 Å². The number of hydrogen-bond donors (Lipinski definition) is 1. The van der Waals surface area contributed by atoms with Crippen LogP contribution in [0.1, 0.15) is 5.56 Å². The van der Waals surface area contributed by atoms with Crippen LogP contribution in [0.4, 0.5) is 9.59 Å². The van der Waals surface area contributed by atoms with Crippen LogP contribution in [-0.4, -0.2) is 60.9 Å². The molecule has 0 unspecified atom stereocenters. The van der Waals surface area contributed by atoms with Gasteiger partial charge in [-0.2, -0.15) is 0 Å². The molecular formula is C16H17N3O6. The van der Waals surface area contributed by atoms with Crippen molar-refractivity contribution in [1.29, 1.82) is 0 Å². The summed E-state index contributed by atoms with van der Waals surface area (Å²) < 4.78 is 15.2. The van der Waals surface area contributed by atoms with Crippen LogP contribution < -0.4 is 14.8 Å². The van der Waals surface area contributed by atoms with Gasteiger partial charge in [-0.3, -0.25) is 4.79 Å². The summed E-state index contributed by atoms with van der Waals surface area (Å²) in [5.74, 6) is 1.15. The Morgan fingerprint density at radius 2 is 1.96 bits per heavy atom. The van der Waals surface area contributed by atoms with Crippen molar-refractivity contribution in [1.82, 2.24) is 15.1 Å². The smallest absolute Gasteiger partial charge is 0.417 e. The molecule has 0 bridgehead atoms. The van der Waals surface area contributed by atoms with Gasteiger partial charge >= 0.3 is 12.1 Å². The fourth-order valence-corrected chi connectivity index (χ4v) is 3.01. The van der Waals surface area contributed by atoms with Gasteiger partial charge in [-0.05, 0) is 17.7 Å². The lowest BCUT2D eigenvalue weighted by Gasteiger charge is -2.40. The van der Waals surface area contributed by atoms with E-state index in [2.05, 4.69) is 10.1 Å². The van der Waals surface area contributed by atoms with Gasteiger partial charge < -0.3 is 24.4 Å². The lowest BCUT2D eigenvalue weighted by Crippen LogP contribution is -2.57. The summed E-state index contributed by atoms with van der Waals surface area (Å²) in [6.45, 7) is 1.71. The number of nitrogens with zero attached hydrogens (tertiary/aromatic N) is 2. The number of imide groups is 1. The maximum atomic E-state index is 12.1. The minimum atomic E-state index is -0.601. The van der Waals surface area contributed by atoms with Gasteiger partial charge in [0.15, 0.2) is 18.1 Å². The van der Waals surface area contributed by atoms with Gasteiger partial charge in [-0.1, -0.05) is 6.07 Å². The molecule has 0 aromatic heterocycles. The zero-order chi connectivity index (χ0) is 17.4. The Morgan fingerprint density at radius 1 is 1.16 bits per heavy atom. The molecule has 0 atom stereocenters. The second-order valence-electron chi connectivity index (χ2n) is 6.18. The minimum absolute atomic E-state index is 0.0888. The zero-order valence-electron chi connectivity index (χ0n) is 13.4. The highest BCUT2D eigenvalue weighted by Gasteiger charge is 2.38. The van der Waals surface area contributed by atoms with Gasteiger partial charge in [0.1, 0.15) is 0 Å². The van der Waals surface area contributed by atoms with E-state index in [9.17, 15) is 14.4 Å². The molecule has 0 saturated carbocycles. The van der Waals surface area contributed by atoms with Crippen molar-refractivity contribution in [3.8, 4) is 11.5 Å². The summed E-state index contributed by atoms with van der Waals surface area (Å²) in [6, 6.07) is 5.35. The van der Waals surface area contributed by atoms with Crippen molar-refractivity contribution in [2.75, 3.05) is 33.0 Å². The highest BCUT2D eigenvalue weighted by molar-refractivity contribution is 5.97. The summed E-state index contributed by atoms with van der Waals surface area (Å²) in [4.78, 5) is 37.7. The summed E-state index contributed by atoms with van der Waals surface area (Å²) in [5, 5.41) is 2.84. The normalized spacial score (nSPS) is 19.0. The minimum Gasteiger partial charge on any atom is -0.454 e. The Labute approximate surface area is 143 Å². The molecule has 25 heavy (non-hydrogen) atoms. The van der Waals surface area contributed by atoms with E-state index >= 15 is 0 Å². The lowest BCUT2D eigenvalue weighted by molar-refractivity contribution is -0.126. The lowest BCUT2D eigenvalue weighted by atomic mass is 10.0. The fraction of sp³-hybridized carbons (Fsp3) is 0.438. The standard InChI is InChI=1S/C16H17N3O6/c20-14-8-23-16(22)19(14)7-11-5-18(6-11)15(21)17-4-10-1-2-12-13(3-10)25-9-24-12/h1-3,11H,4-9H2,(H,17,21). The van der Waals surface area contributed by atoms with Crippen molar-refractivity contribution >= 4 is 18.0 Å². The molecule has 0 aliphatic carbocycles. The molecular weight excluding hydrogens is 330 g/mol. The monoisotopic (exact) mass is 347 g/mol. The predicted molar refractivity (Wildman–Crippen MR) is 82.9 cm³/mol. The number of hydrogen-bond acceptors (Lipinski definition) is 6. The van der Waals surface area contributed by atoms with Crippen LogP contribution in [0.3, 0.4) is 0 Å². The number of amides is 4. The van der Waals surface area contributed by atoms with E-state index in [0.717, 1.165) is 10.5 Å². The quantitative estimate of drug-likeness (QED) is 0.854. The number of carbonyl (C=O) groups excluding carboxylic acids is 3. The molecule has 1 N–H and O–H groups in total. The maximum absolute atomic E-state index is 12.1. The average Bonchev–Trinajstić information content (AvgIpc) is 3.15. The largest absolute Gasteiger partial charge is 0.454 e. The number of fused-ring (bicyclic) bond motifs is 1. The Morgan fingerprint density at radius 3 is 2.72 bits per heavy atom. The molecule has 1 aromatic rings. The van der Waals surface area contributed by atoms with Crippen molar-refractivity contribution in [3.05, 3.63) is 23.8 Å². The second-order valence-corrected chi connectivity index (χ2v) is 6.18. The third kappa shape index (κ3) is 3.04. The van der Waals surface area contributed by atoms with Crippen molar-refractivity contribution < 1.29 is 28.6 Å². The molecule has 0 radical (unpaired) electrons. The third-order valence-electron chi connectivity index (χ3n) is 4.41. The first-order chi connectivity index (χ1) is 12.1. The molecule has 3 aliphatic rings. The molecule has 1 aromatic carbocycles. The van der Waals surface area contributed by atoms with E-state index in [1.54, 1.807) is 4.90 Å². The third-order valence-corrected chi connectivity index (χ3v) is 4.41. The highest BCUT2D eigenvalue weighted by Crippen LogP contribution is 2.32. The van der Waals surface area contributed by atoms with E-state index in [0.29, 0.717) is 37.7 Å². The van der Waals surface area contributed by atoms with Crippen LogP contribution in [0.25, 0.3) is 0 Å². The van der Waals surface area contributed by atoms with Crippen molar-refractivity contribution in [3.63, 3.8) is 0 Å². The van der Waals surface area contributed by atoms with E-state index < -0.39 is 6.09 Å². The number of nitrogens with one attached hydrogen (secondary N) is 1. The zero-order valence-corrected chi connectivity index (χ0v) is 13.4. The number of benzene rings is 1. The second kappa shape index (κ2) is 6.15. The summed E-state index contributed by atoms with van der Waals surface area (Å²) in [5.41, 5.74) is 0.917. The number of cyclic esters (lactones) is 1. The first-order valence-corrected chi connectivity index (χ1v) is 7.98. The van der Waals surface area contributed by atoms with Gasteiger partial charge in [0.25, 0.3) is 5.91 Å². The molecule has 3 aliphatic heterocycles. The Hall–Kier alpha value is -2.97. The number of ether oxygens (including phenoxy) is 3. The molecule has 0 spiro atoms. The van der Waals surface area contributed by atoms with Gasteiger partial charge in [0.2, 0.25) is 6.79 Å². The van der Waals surface area contributed by atoms with Crippen LogP contribution >= 0.6 is 0 Å². The molecule has 3 heterocycles. The van der Waals surface area contributed by atoms with Gasteiger partial charge in [-0.15, -0.1) is 0 Å². The highest BCUT2D eigenvalue weighted by atomic mass is 16.7. The number of rotatable bonds is 4. The van der Waals surface area contributed by atoms with Gasteiger partial charge in [0, 0.05) is 32.1 Å². The molecule has 2 saturated heterocycles. The molecule has 4 amide bonds. The maximum Gasteiger partial charge on any atom is 0.417 e. The van der Waals surface area contributed by atoms with Crippen LogP contribution in [0.5, 0.6) is 11.5 Å². The van der Waals surface area contributed by atoms with Crippen LogP contribution in [0, 0.1) is 5.92 Å². The first kappa shape index (κ1) is 15.6. The molecule has 9 nitrogen and oxygen atoms in total. The Bertz CT molecular complexity index is 715. The summed E-state index contributed by atoms with van der Waals surface area (Å²) in [7, 11) is 0. The topological polar surface area (TPSA) is 97.4 Å². The number of likely N-dealkylation sites (tertiary alicyclic amines) is 1. The molecule has 132 valence electrons. The van der Waals surface area contributed by atoms with Gasteiger partial charge in [-0.25, -0.2) is 14.5 Å². The molecule has 2 fully saturated rings. The number of urea groups is 1. The fourth-order valence-electron chi connectivity index (χ4n) is 3.01. The Kier molecular flexibility index (Phi) is 3.83. The molecule has 4 rings (SSSR count). The van der Waals surface area contributed by atoms with E-state index in [-0.39, 0.29) is 31.3 Å². The van der Waals surface area contributed by atoms with Crippen molar-refractivity contribution in [2.24, 2.45) is 5.92 Å². The van der Waals surface area contributed by atoms with E-state index in [4.69, 9.17) is 9.47 Å². The van der Waals surface area contributed by atoms with E-state index in [1.807, 2.05) is 18.2 Å². The number of carbonyl (C=O) groups is 3. The first-order valence-electron chi connectivity index (χ1n) is 7.98. The molecule has 9 heteroatoms. The summed E-state index contributed by atoms with van der Waals surface area (Å²) in [6.07, 6.45) is -0.601. The average molecular weight is 347 g/mol. The van der Waals surface area contributed by atoms with Crippen molar-refractivity contribution in [2.45, 2.75) is 6.54 Å². The van der Waals surface area contributed by atoms with Gasteiger partial charge in [0.05, 0.1) is 0 Å². The Balaban J connectivity index is 1.22.